The van der Waals surface area contributed by atoms with Crippen molar-refractivity contribution in [2.24, 2.45) is 5.92 Å². The summed E-state index contributed by atoms with van der Waals surface area (Å²) in [6.07, 6.45) is 2.28. The third-order valence-corrected chi connectivity index (χ3v) is 5.39. The fraction of sp³-hybridized carbons (Fsp3) is 0.611. The van der Waals surface area contributed by atoms with E-state index in [0.717, 1.165) is 45.7 Å². The lowest BCUT2D eigenvalue weighted by Gasteiger charge is -2.37. The smallest absolute Gasteiger partial charge is 0.257 e. The molecule has 0 unspecified atom stereocenters. The number of methoxy groups -OCH3 is 1. The van der Waals surface area contributed by atoms with E-state index in [2.05, 4.69) is 4.90 Å². The van der Waals surface area contributed by atoms with Crippen molar-refractivity contribution in [2.45, 2.75) is 12.8 Å². The van der Waals surface area contributed by atoms with Gasteiger partial charge in [-0.2, -0.15) is 0 Å². The molecule has 0 saturated carbocycles. The Hall–Kier alpha value is -0.920. The first kappa shape index (κ1) is 24.1. The van der Waals surface area contributed by atoms with Crippen molar-refractivity contribution in [1.29, 1.82) is 0 Å². The molecule has 1 aromatic carbocycles. The van der Waals surface area contributed by atoms with E-state index < -0.39 is 0 Å². The molecule has 1 aromatic rings. The number of hydrogen-bond acceptors (Lipinski definition) is 5. The minimum atomic E-state index is -0.0514. The van der Waals surface area contributed by atoms with Crippen molar-refractivity contribution >= 4 is 48.0 Å². The molecule has 6 nitrogen and oxygen atoms in total. The number of hydrogen-bond donors (Lipinski definition) is 1. The number of nitrogens with zero attached hydrogens (tertiary/aromatic N) is 2. The third-order valence-electron chi connectivity index (χ3n) is 5.07. The Balaban J connectivity index is 0.00000182. The molecule has 2 aliphatic rings. The Kier molecular flexibility index (Phi) is 9.98. The molecular weight excluding hydrogens is 413 g/mol. The summed E-state index contributed by atoms with van der Waals surface area (Å²) in [4.78, 5) is 17.2. The molecule has 2 aliphatic heterocycles. The second kappa shape index (κ2) is 11.2. The van der Waals surface area contributed by atoms with Gasteiger partial charge in [0, 0.05) is 52.0 Å². The van der Waals surface area contributed by atoms with Crippen LogP contribution in [0.2, 0.25) is 5.02 Å². The van der Waals surface area contributed by atoms with Crippen LogP contribution in [-0.2, 0) is 4.74 Å². The van der Waals surface area contributed by atoms with E-state index in [1.165, 1.54) is 7.11 Å². The SMILES string of the molecule is COc1cc(N)c(Cl)cc1C(=O)N1CCN(CC2CCOCC2)CC1.Cl.Cl. The molecule has 27 heavy (non-hydrogen) atoms. The molecule has 0 bridgehead atoms. The number of halogens is 3. The van der Waals surface area contributed by atoms with E-state index >= 15 is 0 Å². The molecule has 0 spiro atoms. The van der Waals surface area contributed by atoms with Crippen LogP contribution in [0.3, 0.4) is 0 Å². The lowest BCUT2D eigenvalue weighted by Crippen LogP contribution is -2.50. The molecule has 0 atom stereocenters. The van der Waals surface area contributed by atoms with Gasteiger partial charge < -0.3 is 20.1 Å². The first-order valence-corrected chi connectivity index (χ1v) is 9.18. The van der Waals surface area contributed by atoms with Crippen LogP contribution in [0.25, 0.3) is 0 Å². The first-order chi connectivity index (χ1) is 12.1. The maximum absolute atomic E-state index is 12.9. The van der Waals surface area contributed by atoms with Crippen LogP contribution in [0, 0.1) is 5.92 Å². The lowest BCUT2D eigenvalue weighted by atomic mass is 9.99. The van der Waals surface area contributed by atoms with E-state index in [1.807, 2.05) is 4.90 Å². The summed E-state index contributed by atoms with van der Waals surface area (Å²) in [5.74, 6) is 1.13. The van der Waals surface area contributed by atoms with Gasteiger partial charge in [0.15, 0.2) is 0 Å². The summed E-state index contributed by atoms with van der Waals surface area (Å²) in [6, 6.07) is 3.21. The topological polar surface area (TPSA) is 68.0 Å². The highest BCUT2D eigenvalue weighted by Gasteiger charge is 2.26. The van der Waals surface area contributed by atoms with Crippen molar-refractivity contribution in [3.05, 3.63) is 22.7 Å². The third kappa shape index (κ3) is 6.03. The van der Waals surface area contributed by atoms with Gasteiger partial charge in [0.25, 0.3) is 5.91 Å². The zero-order chi connectivity index (χ0) is 17.8. The molecule has 2 fully saturated rings. The molecule has 3 rings (SSSR count). The number of benzene rings is 1. The van der Waals surface area contributed by atoms with Gasteiger partial charge >= 0.3 is 0 Å². The van der Waals surface area contributed by atoms with Gasteiger partial charge in [0.05, 0.1) is 23.4 Å². The number of nitrogens with two attached hydrogens (primary N) is 1. The predicted octanol–water partition coefficient (Wildman–Crippen LogP) is 2.96. The monoisotopic (exact) mass is 439 g/mol. The van der Waals surface area contributed by atoms with Crippen molar-refractivity contribution in [3.63, 3.8) is 0 Å². The number of anilines is 1. The second-order valence-corrected chi connectivity index (χ2v) is 7.13. The van der Waals surface area contributed by atoms with Crippen LogP contribution in [0.4, 0.5) is 5.69 Å². The fourth-order valence-corrected chi connectivity index (χ4v) is 3.67. The molecule has 0 radical (unpaired) electrons. The molecule has 154 valence electrons. The van der Waals surface area contributed by atoms with Crippen LogP contribution in [0.5, 0.6) is 5.75 Å². The Morgan fingerprint density at radius 2 is 1.85 bits per heavy atom. The molecule has 0 aliphatic carbocycles. The maximum Gasteiger partial charge on any atom is 0.257 e. The highest BCUT2D eigenvalue weighted by Crippen LogP contribution is 2.30. The van der Waals surface area contributed by atoms with Gasteiger partial charge in [-0.1, -0.05) is 11.6 Å². The summed E-state index contributed by atoms with van der Waals surface area (Å²) in [5.41, 5.74) is 6.68. The molecule has 1 amide bonds. The van der Waals surface area contributed by atoms with Crippen LogP contribution in [0.1, 0.15) is 23.2 Å². The summed E-state index contributed by atoms with van der Waals surface area (Å²) >= 11 is 6.09. The van der Waals surface area contributed by atoms with E-state index in [9.17, 15) is 4.79 Å². The Bertz CT molecular complexity index is 619. The average Bonchev–Trinajstić information content (AvgIpc) is 2.64. The van der Waals surface area contributed by atoms with E-state index in [4.69, 9.17) is 26.8 Å². The molecule has 9 heteroatoms. The van der Waals surface area contributed by atoms with Gasteiger partial charge in [-0.15, -0.1) is 24.8 Å². The van der Waals surface area contributed by atoms with E-state index in [0.29, 0.717) is 41.0 Å². The van der Waals surface area contributed by atoms with Crippen molar-refractivity contribution in [1.82, 2.24) is 9.80 Å². The van der Waals surface area contributed by atoms with Crippen LogP contribution >= 0.6 is 36.4 Å². The number of carbonyl (C=O) groups is 1. The summed E-state index contributed by atoms with van der Waals surface area (Å²) in [6.45, 7) is 6.08. The lowest BCUT2D eigenvalue weighted by molar-refractivity contribution is 0.0392. The number of carbonyl (C=O) groups excluding carboxylic acids is 1. The van der Waals surface area contributed by atoms with Gasteiger partial charge in [-0.05, 0) is 24.8 Å². The van der Waals surface area contributed by atoms with Gasteiger partial charge in [-0.25, -0.2) is 0 Å². The summed E-state index contributed by atoms with van der Waals surface area (Å²) in [7, 11) is 1.53. The minimum absolute atomic E-state index is 0. The standard InChI is InChI=1S/C18H26ClN3O3.2ClH/c1-24-17-11-16(20)15(19)10-14(17)18(23)22-6-4-21(5-7-22)12-13-2-8-25-9-3-13;;/h10-11,13H,2-9,12,20H2,1H3;2*1H. The fourth-order valence-electron chi connectivity index (χ4n) is 3.50. The molecular formula is C18H28Cl3N3O3. The zero-order valence-corrected chi connectivity index (χ0v) is 17.9. The van der Waals surface area contributed by atoms with Crippen molar-refractivity contribution in [2.75, 3.05) is 58.8 Å². The Morgan fingerprint density at radius 3 is 2.44 bits per heavy atom. The second-order valence-electron chi connectivity index (χ2n) is 6.72. The van der Waals surface area contributed by atoms with Gasteiger partial charge in [0.2, 0.25) is 0 Å². The Morgan fingerprint density at radius 1 is 1.22 bits per heavy atom. The van der Waals surface area contributed by atoms with E-state index in [1.54, 1.807) is 12.1 Å². The molecule has 0 aromatic heterocycles. The molecule has 2 N–H and O–H groups in total. The van der Waals surface area contributed by atoms with Crippen LogP contribution in [-0.4, -0.2) is 68.8 Å². The molecule has 2 saturated heterocycles. The Labute approximate surface area is 178 Å². The number of nitrogen functional groups attached to an aromatic ring is 1. The summed E-state index contributed by atoms with van der Waals surface area (Å²) < 4.78 is 10.7. The predicted molar refractivity (Wildman–Crippen MR) is 113 cm³/mol. The minimum Gasteiger partial charge on any atom is -0.496 e. The average molecular weight is 441 g/mol. The number of piperazine rings is 1. The summed E-state index contributed by atoms with van der Waals surface area (Å²) in [5, 5.41) is 0.377. The number of ether oxygens (including phenoxy) is 2. The van der Waals surface area contributed by atoms with Gasteiger partial charge in [-0.3, -0.25) is 9.69 Å². The zero-order valence-electron chi connectivity index (χ0n) is 15.5. The largest absolute Gasteiger partial charge is 0.496 e. The van der Waals surface area contributed by atoms with Crippen LogP contribution in [0.15, 0.2) is 12.1 Å². The highest BCUT2D eigenvalue weighted by molar-refractivity contribution is 6.33. The van der Waals surface area contributed by atoms with E-state index in [-0.39, 0.29) is 30.7 Å². The highest BCUT2D eigenvalue weighted by atomic mass is 35.5. The van der Waals surface area contributed by atoms with Crippen molar-refractivity contribution < 1.29 is 14.3 Å². The quantitative estimate of drug-likeness (QED) is 0.729. The van der Waals surface area contributed by atoms with Crippen molar-refractivity contribution in [3.8, 4) is 5.75 Å². The van der Waals surface area contributed by atoms with Gasteiger partial charge in [0.1, 0.15) is 5.75 Å². The normalized spacial score (nSPS) is 18.4. The first-order valence-electron chi connectivity index (χ1n) is 8.81. The maximum atomic E-state index is 12.9. The number of rotatable bonds is 4. The molecule has 2 heterocycles. The van der Waals surface area contributed by atoms with Crippen LogP contribution < -0.4 is 10.5 Å². The number of amides is 1.